The third-order valence-corrected chi connectivity index (χ3v) is 2.91. The van der Waals surface area contributed by atoms with Crippen LogP contribution in [0.15, 0.2) is 72.8 Å². The topological polar surface area (TPSA) is 69.2 Å². The van der Waals surface area contributed by atoms with E-state index in [-0.39, 0.29) is 0 Å². The summed E-state index contributed by atoms with van der Waals surface area (Å²) in [7, 11) is 6.60. The Morgan fingerprint density at radius 1 is 0.920 bits per heavy atom. The van der Waals surface area contributed by atoms with Crippen molar-refractivity contribution in [2.24, 2.45) is 0 Å². The zero-order valence-electron chi connectivity index (χ0n) is 14.8. The Morgan fingerprint density at radius 3 is 1.92 bits per heavy atom. The molecule has 0 aromatic heterocycles. The fourth-order valence-electron chi connectivity index (χ4n) is 1.98. The fraction of sp³-hybridized carbons (Fsp3) is 0.200. The van der Waals surface area contributed by atoms with Crippen LogP contribution in [-0.4, -0.2) is 37.5 Å². The summed E-state index contributed by atoms with van der Waals surface area (Å²) in [6.45, 7) is 1.10. The molecule has 0 aliphatic heterocycles. The largest absolute Gasteiger partial charge is 0.545 e. The van der Waals surface area contributed by atoms with Crippen LogP contribution in [0.2, 0.25) is 0 Å². The number of rotatable bonds is 5. The number of carboxylic acids is 1. The molecule has 1 amide bonds. The van der Waals surface area contributed by atoms with Crippen molar-refractivity contribution in [1.29, 1.82) is 0 Å². The first-order valence-electron chi connectivity index (χ1n) is 7.86. The molecule has 0 saturated heterocycles. The van der Waals surface area contributed by atoms with Crippen LogP contribution >= 0.6 is 0 Å². The number of carboxylic acid groups (broad SMARTS) is 1. The number of para-hydroxylation sites is 1. The van der Waals surface area contributed by atoms with Crippen LogP contribution in [0.1, 0.15) is 5.56 Å². The molecule has 132 valence electrons. The van der Waals surface area contributed by atoms with Gasteiger partial charge >= 0.3 is 0 Å². The molecule has 0 spiro atoms. The minimum Gasteiger partial charge on any atom is -0.545 e. The summed E-state index contributed by atoms with van der Waals surface area (Å²) in [5.74, 6) is -1.89. The van der Waals surface area contributed by atoms with Gasteiger partial charge in [-0.05, 0) is 18.2 Å². The third kappa shape index (κ3) is 10.5. The van der Waals surface area contributed by atoms with Gasteiger partial charge in [-0.1, -0.05) is 48.5 Å². The number of nitrogens with zero attached hydrogens (tertiary/aromatic N) is 1. The van der Waals surface area contributed by atoms with Crippen molar-refractivity contribution in [3.63, 3.8) is 0 Å². The van der Waals surface area contributed by atoms with Gasteiger partial charge in [0.05, 0.1) is 27.1 Å². The van der Waals surface area contributed by atoms with Gasteiger partial charge in [0.2, 0.25) is 5.91 Å². The molecule has 25 heavy (non-hydrogen) atoms. The van der Waals surface area contributed by atoms with Gasteiger partial charge in [-0.15, -0.1) is 0 Å². The Bertz CT molecular complexity index is 690. The van der Waals surface area contributed by atoms with Crippen molar-refractivity contribution < 1.29 is 19.2 Å². The first-order valence-corrected chi connectivity index (χ1v) is 7.86. The van der Waals surface area contributed by atoms with E-state index in [1.165, 1.54) is 5.56 Å². The van der Waals surface area contributed by atoms with Crippen molar-refractivity contribution in [3.8, 4) is 0 Å². The Morgan fingerprint density at radius 2 is 1.44 bits per heavy atom. The van der Waals surface area contributed by atoms with Gasteiger partial charge in [0.15, 0.2) is 0 Å². The highest BCUT2D eigenvalue weighted by Crippen LogP contribution is 2.05. The van der Waals surface area contributed by atoms with Crippen LogP contribution < -0.4 is 10.4 Å². The van der Waals surface area contributed by atoms with Crippen molar-refractivity contribution in [2.75, 3.05) is 26.5 Å². The standard InChI is InChI=1S/C10H9NO3.C10H16N/c12-9(6-7-10(13)14)11-8-4-2-1-3-5-8;1-11(2,3)9-10-7-5-4-6-8-10/h1-7H,(H,11,12)(H,13,14);4-8H,9H2,1-3H3/q;+1/p-1/b7-6-;. The van der Waals surface area contributed by atoms with Gasteiger partial charge in [0.25, 0.3) is 0 Å². The molecule has 5 heteroatoms. The quantitative estimate of drug-likeness (QED) is 0.667. The van der Waals surface area contributed by atoms with Gasteiger partial charge in [-0.25, -0.2) is 0 Å². The van der Waals surface area contributed by atoms with Crippen molar-refractivity contribution in [3.05, 3.63) is 78.4 Å². The lowest BCUT2D eigenvalue weighted by molar-refractivity contribution is -0.884. The molecule has 0 unspecified atom stereocenters. The number of anilines is 1. The van der Waals surface area contributed by atoms with Gasteiger partial charge in [0, 0.05) is 17.3 Å². The highest BCUT2D eigenvalue weighted by molar-refractivity contribution is 6.01. The molecule has 1 N–H and O–H groups in total. The molecule has 2 rings (SSSR count). The average Bonchev–Trinajstić information content (AvgIpc) is 2.54. The second-order valence-corrected chi connectivity index (χ2v) is 6.44. The highest BCUT2D eigenvalue weighted by Gasteiger charge is 2.06. The summed E-state index contributed by atoms with van der Waals surface area (Å²) in [5.41, 5.74) is 2.01. The lowest BCUT2D eigenvalue weighted by Gasteiger charge is -2.23. The lowest BCUT2D eigenvalue weighted by atomic mass is 10.2. The number of hydrogen-bond acceptors (Lipinski definition) is 3. The van der Waals surface area contributed by atoms with E-state index in [9.17, 15) is 14.7 Å². The summed E-state index contributed by atoms with van der Waals surface area (Å²) in [6, 6.07) is 19.3. The second-order valence-electron chi connectivity index (χ2n) is 6.44. The van der Waals surface area contributed by atoms with E-state index < -0.39 is 11.9 Å². The van der Waals surface area contributed by atoms with Crippen molar-refractivity contribution in [1.82, 2.24) is 0 Å². The predicted octanol–water partition coefficient (Wildman–Crippen LogP) is 1.82. The molecule has 0 heterocycles. The number of aliphatic carboxylic acids is 1. The molecule has 5 nitrogen and oxygen atoms in total. The average molecular weight is 340 g/mol. The zero-order chi connectivity index (χ0) is 18.7. The first-order chi connectivity index (χ1) is 11.8. The van der Waals surface area contributed by atoms with E-state index in [0.29, 0.717) is 11.8 Å². The number of benzene rings is 2. The molecule has 0 radical (unpaired) electrons. The molecule has 2 aromatic carbocycles. The monoisotopic (exact) mass is 340 g/mol. The summed E-state index contributed by atoms with van der Waals surface area (Å²) in [6.07, 6.45) is 1.58. The minimum atomic E-state index is -1.40. The molecule has 2 aromatic rings. The van der Waals surface area contributed by atoms with E-state index in [1.54, 1.807) is 24.3 Å². The smallest absolute Gasteiger partial charge is 0.248 e. The number of nitrogens with one attached hydrogen (secondary N) is 1. The molecule has 0 atom stereocenters. The van der Waals surface area contributed by atoms with Gasteiger partial charge in [-0.2, -0.15) is 0 Å². The van der Waals surface area contributed by atoms with Crippen LogP contribution in [0.5, 0.6) is 0 Å². The van der Waals surface area contributed by atoms with E-state index in [4.69, 9.17) is 0 Å². The van der Waals surface area contributed by atoms with Crippen LogP contribution in [0.3, 0.4) is 0 Å². The minimum absolute atomic E-state index is 0.500. The Labute approximate surface area is 148 Å². The maximum absolute atomic E-state index is 11.0. The number of carbonyl (C=O) groups excluding carboxylic acids is 2. The van der Waals surface area contributed by atoms with Crippen LogP contribution in [-0.2, 0) is 16.1 Å². The summed E-state index contributed by atoms with van der Waals surface area (Å²) < 4.78 is 0.990. The predicted molar refractivity (Wildman–Crippen MR) is 97.4 cm³/mol. The SMILES string of the molecule is C[N+](C)(C)Cc1ccccc1.O=C([O-])/C=C\C(=O)Nc1ccccc1. The lowest BCUT2D eigenvalue weighted by Crippen LogP contribution is -2.33. The Kier molecular flexibility index (Phi) is 8.09. The maximum Gasteiger partial charge on any atom is 0.248 e. The summed E-state index contributed by atoms with van der Waals surface area (Å²) >= 11 is 0. The molecule has 0 fully saturated rings. The van der Waals surface area contributed by atoms with Crippen LogP contribution in [0.4, 0.5) is 5.69 Å². The van der Waals surface area contributed by atoms with E-state index in [2.05, 4.69) is 56.8 Å². The summed E-state index contributed by atoms with van der Waals surface area (Å²) in [5, 5.41) is 12.5. The van der Waals surface area contributed by atoms with Gasteiger partial charge in [0.1, 0.15) is 6.54 Å². The van der Waals surface area contributed by atoms with E-state index >= 15 is 0 Å². The summed E-state index contributed by atoms with van der Waals surface area (Å²) in [4.78, 5) is 21.0. The Balaban J connectivity index is 0.000000257. The zero-order valence-corrected chi connectivity index (χ0v) is 14.8. The van der Waals surface area contributed by atoms with E-state index in [1.807, 2.05) is 6.07 Å². The number of hydrogen-bond donors (Lipinski definition) is 1. The molecule has 0 saturated carbocycles. The normalized spacial score (nSPS) is 10.7. The van der Waals surface area contributed by atoms with Crippen molar-refractivity contribution >= 4 is 17.6 Å². The highest BCUT2D eigenvalue weighted by atomic mass is 16.4. The molecule has 0 aliphatic carbocycles. The third-order valence-electron chi connectivity index (χ3n) is 2.91. The first kappa shape index (κ1) is 20.1. The maximum atomic E-state index is 11.0. The number of carbonyl (C=O) groups is 2. The second kappa shape index (κ2) is 10.1. The van der Waals surface area contributed by atoms with E-state index in [0.717, 1.165) is 17.1 Å². The fourth-order valence-corrected chi connectivity index (χ4v) is 1.98. The molecular weight excluding hydrogens is 316 g/mol. The Hall–Kier alpha value is -2.92. The van der Waals surface area contributed by atoms with Crippen molar-refractivity contribution in [2.45, 2.75) is 6.54 Å². The van der Waals surface area contributed by atoms with Crippen LogP contribution in [0, 0.1) is 0 Å². The molecule has 0 bridgehead atoms. The number of quaternary nitrogens is 1. The molecular formula is C20H24N2O3. The van der Waals surface area contributed by atoms with Gasteiger partial charge in [-0.3, -0.25) is 4.79 Å². The molecule has 0 aliphatic rings. The number of amides is 1. The van der Waals surface area contributed by atoms with Crippen LogP contribution in [0.25, 0.3) is 0 Å². The van der Waals surface area contributed by atoms with Gasteiger partial charge < -0.3 is 19.7 Å².